The number of hydrogen-bond acceptors (Lipinski definition) is 3. The van der Waals surface area contributed by atoms with Crippen LogP contribution in [0.5, 0.6) is 0 Å². The van der Waals surface area contributed by atoms with E-state index in [1.165, 1.54) is 22.3 Å². The minimum absolute atomic E-state index is 0.232. The van der Waals surface area contributed by atoms with Crippen LogP contribution in [0.1, 0.15) is 17.7 Å². The standard InChI is InChI=1S/C12H12BrNO3S/c13-10-5-3-8(18-10)4-6-11(15)14-7-1-2-9(14)12(16)17/h3-6,9H,1-2,7H2,(H,16,17)/b6-4+. The van der Waals surface area contributed by atoms with Crippen LogP contribution in [0, 0.1) is 0 Å². The lowest BCUT2D eigenvalue weighted by Gasteiger charge is -2.19. The summed E-state index contributed by atoms with van der Waals surface area (Å²) in [6, 6.07) is 3.14. The van der Waals surface area contributed by atoms with E-state index in [0.29, 0.717) is 13.0 Å². The van der Waals surface area contributed by atoms with Crippen molar-refractivity contribution in [2.75, 3.05) is 6.54 Å². The zero-order chi connectivity index (χ0) is 13.1. The van der Waals surface area contributed by atoms with Gasteiger partial charge >= 0.3 is 5.97 Å². The number of aliphatic carboxylic acids is 1. The third-order valence-electron chi connectivity index (χ3n) is 2.81. The maximum Gasteiger partial charge on any atom is 0.326 e. The Kier molecular flexibility index (Phi) is 4.19. The molecule has 4 nitrogen and oxygen atoms in total. The molecule has 2 rings (SSSR count). The molecule has 0 saturated carbocycles. The van der Waals surface area contributed by atoms with Gasteiger partial charge in [-0.15, -0.1) is 11.3 Å². The molecule has 1 atom stereocenters. The second-order valence-electron chi connectivity index (χ2n) is 4.00. The fourth-order valence-corrected chi connectivity index (χ4v) is 3.28. The highest BCUT2D eigenvalue weighted by Gasteiger charge is 2.32. The molecule has 1 aliphatic rings. The number of thiophene rings is 1. The van der Waals surface area contributed by atoms with Gasteiger partial charge in [-0.25, -0.2) is 4.79 Å². The molecule has 0 aliphatic carbocycles. The summed E-state index contributed by atoms with van der Waals surface area (Å²) in [4.78, 5) is 25.3. The molecule has 6 heteroatoms. The molecule has 96 valence electrons. The fourth-order valence-electron chi connectivity index (χ4n) is 1.95. The lowest BCUT2D eigenvalue weighted by molar-refractivity contribution is -0.146. The Morgan fingerprint density at radius 2 is 2.28 bits per heavy atom. The number of carbonyl (C=O) groups excluding carboxylic acids is 1. The highest BCUT2D eigenvalue weighted by molar-refractivity contribution is 9.11. The number of carbonyl (C=O) groups is 2. The highest BCUT2D eigenvalue weighted by Crippen LogP contribution is 2.23. The van der Waals surface area contributed by atoms with E-state index >= 15 is 0 Å². The minimum atomic E-state index is -0.923. The van der Waals surface area contributed by atoms with Crippen LogP contribution in [0.2, 0.25) is 0 Å². The van der Waals surface area contributed by atoms with Crippen LogP contribution in [0.4, 0.5) is 0 Å². The topological polar surface area (TPSA) is 57.6 Å². The van der Waals surface area contributed by atoms with Crippen LogP contribution in [0.15, 0.2) is 22.0 Å². The predicted octanol–water partition coefficient (Wildman–Crippen LogP) is 2.60. The van der Waals surface area contributed by atoms with Crippen molar-refractivity contribution in [2.24, 2.45) is 0 Å². The molecule has 0 radical (unpaired) electrons. The smallest absolute Gasteiger partial charge is 0.326 e. The van der Waals surface area contributed by atoms with Gasteiger partial charge in [-0.05, 0) is 47.0 Å². The molecule has 1 N–H and O–H groups in total. The van der Waals surface area contributed by atoms with Crippen LogP contribution in [-0.2, 0) is 9.59 Å². The van der Waals surface area contributed by atoms with Crippen LogP contribution in [-0.4, -0.2) is 34.5 Å². The second kappa shape index (κ2) is 5.67. The van der Waals surface area contributed by atoms with E-state index in [4.69, 9.17) is 5.11 Å². The van der Waals surface area contributed by atoms with E-state index in [-0.39, 0.29) is 5.91 Å². The normalized spacial score (nSPS) is 19.6. The maximum atomic E-state index is 11.9. The minimum Gasteiger partial charge on any atom is -0.480 e. The molecule has 18 heavy (non-hydrogen) atoms. The number of rotatable bonds is 3. The van der Waals surface area contributed by atoms with Crippen LogP contribution < -0.4 is 0 Å². The lowest BCUT2D eigenvalue weighted by atomic mass is 10.2. The molecular weight excluding hydrogens is 318 g/mol. The molecule has 0 aromatic carbocycles. The van der Waals surface area contributed by atoms with Crippen molar-refractivity contribution in [3.8, 4) is 0 Å². The van der Waals surface area contributed by atoms with Gasteiger partial charge in [-0.2, -0.15) is 0 Å². The molecule has 1 saturated heterocycles. The summed E-state index contributed by atoms with van der Waals surface area (Å²) in [5.74, 6) is -1.16. The van der Waals surface area contributed by atoms with E-state index in [9.17, 15) is 9.59 Å². The largest absolute Gasteiger partial charge is 0.480 e. The van der Waals surface area contributed by atoms with Crippen molar-refractivity contribution in [1.29, 1.82) is 0 Å². The first kappa shape index (κ1) is 13.3. The summed E-state index contributed by atoms with van der Waals surface area (Å²) >= 11 is 4.87. The number of hydrogen-bond donors (Lipinski definition) is 1. The third-order valence-corrected chi connectivity index (χ3v) is 4.39. The number of likely N-dealkylation sites (tertiary alicyclic amines) is 1. The van der Waals surface area contributed by atoms with Crippen LogP contribution >= 0.6 is 27.3 Å². The molecule has 0 spiro atoms. The Balaban J connectivity index is 2.03. The Bertz CT molecular complexity index is 497. The Morgan fingerprint density at radius 1 is 1.50 bits per heavy atom. The molecule has 1 fully saturated rings. The number of halogens is 1. The SMILES string of the molecule is O=C(O)C1CCCN1C(=O)/C=C/c1ccc(Br)s1. The zero-order valence-electron chi connectivity index (χ0n) is 9.51. The van der Waals surface area contributed by atoms with Gasteiger partial charge in [-0.3, -0.25) is 4.79 Å². The molecule has 1 amide bonds. The zero-order valence-corrected chi connectivity index (χ0v) is 11.9. The molecule has 1 aromatic rings. The number of amides is 1. The molecule has 1 aliphatic heterocycles. The molecule has 1 aromatic heterocycles. The summed E-state index contributed by atoms with van der Waals surface area (Å²) in [7, 11) is 0. The van der Waals surface area contributed by atoms with E-state index in [1.54, 1.807) is 6.08 Å². The summed E-state index contributed by atoms with van der Waals surface area (Å²) in [5, 5.41) is 9.00. The van der Waals surface area contributed by atoms with Crippen LogP contribution in [0.3, 0.4) is 0 Å². The van der Waals surface area contributed by atoms with Crippen molar-refractivity contribution in [3.05, 3.63) is 26.9 Å². The van der Waals surface area contributed by atoms with Crippen molar-refractivity contribution in [3.63, 3.8) is 0 Å². The van der Waals surface area contributed by atoms with E-state index < -0.39 is 12.0 Å². The number of carboxylic acids is 1. The quantitative estimate of drug-likeness (QED) is 0.867. The molecule has 0 bridgehead atoms. The first-order valence-electron chi connectivity index (χ1n) is 5.55. The van der Waals surface area contributed by atoms with Gasteiger partial charge in [-0.1, -0.05) is 0 Å². The van der Waals surface area contributed by atoms with Gasteiger partial charge in [0.2, 0.25) is 5.91 Å². The fraction of sp³-hybridized carbons (Fsp3) is 0.333. The molecular formula is C12H12BrNO3S. The Morgan fingerprint density at radius 3 is 2.89 bits per heavy atom. The maximum absolute atomic E-state index is 11.9. The molecule has 1 unspecified atom stereocenters. The van der Waals surface area contributed by atoms with Crippen molar-refractivity contribution in [1.82, 2.24) is 4.90 Å². The summed E-state index contributed by atoms with van der Waals surface area (Å²) in [6.45, 7) is 0.522. The Hall–Kier alpha value is -1.14. The Labute approximate surface area is 117 Å². The summed E-state index contributed by atoms with van der Waals surface area (Å²) in [5.41, 5.74) is 0. The van der Waals surface area contributed by atoms with Crippen molar-refractivity contribution < 1.29 is 14.7 Å². The average Bonchev–Trinajstić information content (AvgIpc) is 2.94. The predicted molar refractivity (Wildman–Crippen MR) is 73.4 cm³/mol. The average molecular weight is 330 g/mol. The van der Waals surface area contributed by atoms with E-state index in [1.807, 2.05) is 12.1 Å². The number of carboxylic acid groups (broad SMARTS) is 1. The van der Waals surface area contributed by atoms with Gasteiger partial charge < -0.3 is 10.0 Å². The number of nitrogens with zero attached hydrogens (tertiary/aromatic N) is 1. The summed E-state index contributed by atoms with van der Waals surface area (Å²) in [6.07, 6.45) is 4.45. The lowest BCUT2D eigenvalue weighted by Crippen LogP contribution is -2.39. The van der Waals surface area contributed by atoms with Crippen molar-refractivity contribution >= 4 is 45.2 Å². The summed E-state index contributed by atoms with van der Waals surface area (Å²) < 4.78 is 0.999. The highest BCUT2D eigenvalue weighted by atomic mass is 79.9. The first-order valence-corrected chi connectivity index (χ1v) is 7.15. The first-order chi connectivity index (χ1) is 8.58. The van der Waals surface area contributed by atoms with Gasteiger partial charge in [0.25, 0.3) is 0 Å². The van der Waals surface area contributed by atoms with Gasteiger partial charge in [0.1, 0.15) is 6.04 Å². The third kappa shape index (κ3) is 3.00. The van der Waals surface area contributed by atoms with Gasteiger partial charge in [0.15, 0.2) is 0 Å². The molecule has 2 heterocycles. The van der Waals surface area contributed by atoms with Crippen molar-refractivity contribution in [2.45, 2.75) is 18.9 Å². The van der Waals surface area contributed by atoms with E-state index in [0.717, 1.165) is 15.1 Å². The second-order valence-corrected chi connectivity index (χ2v) is 6.50. The van der Waals surface area contributed by atoms with Gasteiger partial charge in [0.05, 0.1) is 3.79 Å². The van der Waals surface area contributed by atoms with Gasteiger partial charge in [0, 0.05) is 17.5 Å². The van der Waals surface area contributed by atoms with Crippen LogP contribution in [0.25, 0.3) is 6.08 Å². The van der Waals surface area contributed by atoms with E-state index in [2.05, 4.69) is 15.9 Å². The monoisotopic (exact) mass is 329 g/mol.